The Kier molecular flexibility index (Phi) is 4.83. The molecule has 0 atom stereocenters. The van der Waals surface area contributed by atoms with Crippen LogP contribution in [-0.2, 0) is 4.79 Å². The number of benzene rings is 1. The van der Waals surface area contributed by atoms with Crippen LogP contribution in [0.15, 0.2) is 18.2 Å². The molecule has 1 aromatic rings. The van der Waals surface area contributed by atoms with Gasteiger partial charge in [-0.3, -0.25) is 4.79 Å². The van der Waals surface area contributed by atoms with E-state index in [-0.39, 0.29) is 17.9 Å². The number of urea groups is 1. The molecule has 2 rings (SSSR count). The van der Waals surface area contributed by atoms with Gasteiger partial charge >= 0.3 is 6.03 Å². The van der Waals surface area contributed by atoms with E-state index in [1.165, 1.54) is 0 Å². The van der Waals surface area contributed by atoms with E-state index in [0.29, 0.717) is 13.1 Å². The molecular formula is C16H23N3O2. The van der Waals surface area contributed by atoms with Gasteiger partial charge in [0, 0.05) is 31.7 Å². The molecule has 0 bridgehead atoms. The van der Waals surface area contributed by atoms with Gasteiger partial charge in [-0.15, -0.1) is 0 Å². The van der Waals surface area contributed by atoms with E-state index >= 15 is 0 Å². The van der Waals surface area contributed by atoms with E-state index in [0.717, 1.165) is 29.7 Å². The molecule has 0 radical (unpaired) electrons. The van der Waals surface area contributed by atoms with E-state index in [1.54, 1.807) is 11.9 Å². The minimum absolute atomic E-state index is 0.0280. The number of anilines is 1. The van der Waals surface area contributed by atoms with E-state index < -0.39 is 0 Å². The van der Waals surface area contributed by atoms with E-state index in [2.05, 4.69) is 16.7 Å². The number of likely N-dealkylation sites (tertiary alicyclic amines) is 1. The minimum atomic E-state index is -0.0876. The fraction of sp³-hybridized carbons (Fsp3) is 0.500. The molecule has 3 amide bonds. The number of carbonyl (C=O) groups is 2. The van der Waals surface area contributed by atoms with Crippen LogP contribution in [0.2, 0.25) is 0 Å². The molecule has 0 saturated carbocycles. The third-order valence-corrected chi connectivity index (χ3v) is 3.87. The highest BCUT2D eigenvalue weighted by Crippen LogP contribution is 2.19. The summed E-state index contributed by atoms with van der Waals surface area (Å²) in [6.45, 7) is 5.26. The van der Waals surface area contributed by atoms with Crippen molar-refractivity contribution in [2.45, 2.75) is 26.7 Å². The molecule has 0 spiro atoms. The molecule has 114 valence electrons. The van der Waals surface area contributed by atoms with Crippen molar-refractivity contribution in [1.82, 2.24) is 10.2 Å². The topological polar surface area (TPSA) is 61.4 Å². The highest BCUT2D eigenvalue weighted by atomic mass is 16.2. The molecule has 1 saturated heterocycles. The maximum atomic E-state index is 12.3. The Hall–Kier alpha value is -2.04. The third kappa shape index (κ3) is 3.97. The molecule has 0 aromatic heterocycles. The molecule has 1 aromatic carbocycles. The van der Waals surface area contributed by atoms with Crippen LogP contribution in [0.25, 0.3) is 0 Å². The van der Waals surface area contributed by atoms with Gasteiger partial charge in [0.05, 0.1) is 0 Å². The van der Waals surface area contributed by atoms with E-state index in [1.807, 2.05) is 26.0 Å². The lowest BCUT2D eigenvalue weighted by molar-refractivity contribution is -0.125. The van der Waals surface area contributed by atoms with E-state index in [4.69, 9.17) is 0 Å². The van der Waals surface area contributed by atoms with Crippen molar-refractivity contribution in [2.24, 2.45) is 5.92 Å². The first-order valence-electron chi connectivity index (χ1n) is 7.35. The number of amides is 3. The van der Waals surface area contributed by atoms with Crippen LogP contribution in [0.3, 0.4) is 0 Å². The maximum absolute atomic E-state index is 12.3. The third-order valence-electron chi connectivity index (χ3n) is 3.87. The predicted molar refractivity (Wildman–Crippen MR) is 83.3 cm³/mol. The highest BCUT2D eigenvalue weighted by Gasteiger charge is 2.26. The van der Waals surface area contributed by atoms with E-state index in [9.17, 15) is 9.59 Å². The molecule has 1 aliphatic rings. The molecule has 0 unspecified atom stereocenters. The Morgan fingerprint density at radius 1 is 1.10 bits per heavy atom. The second-order valence-electron chi connectivity index (χ2n) is 5.68. The molecule has 1 fully saturated rings. The number of rotatable bonds is 2. The Bertz CT molecular complexity index is 514. The minimum Gasteiger partial charge on any atom is -0.359 e. The van der Waals surface area contributed by atoms with Crippen LogP contribution in [-0.4, -0.2) is 37.0 Å². The molecule has 1 aliphatic heterocycles. The van der Waals surface area contributed by atoms with Gasteiger partial charge in [0.2, 0.25) is 5.91 Å². The monoisotopic (exact) mass is 289 g/mol. The van der Waals surface area contributed by atoms with Crippen LogP contribution < -0.4 is 10.6 Å². The van der Waals surface area contributed by atoms with Crippen molar-refractivity contribution >= 4 is 17.6 Å². The van der Waals surface area contributed by atoms with Crippen molar-refractivity contribution in [3.8, 4) is 0 Å². The summed E-state index contributed by atoms with van der Waals surface area (Å²) < 4.78 is 0. The lowest BCUT2D eigenvalue weighted by atomic mass is 9.96. The normalized spacial score (nSPS) is 15.7. The van der Waals surface area contributed by atoms with Crippen molar-refractivity contribution in [2.75, 3.05) is 25.5 Å². The van der Waals surface area contributed by atoms with Gasteiger partial charge in [0.1, 0.15) is 0 Å². The Morgan fingerprint density at radius 2 is 1.67 bits per heavy atom. The summed E-state index contributed by atoms with van der Waals surface area (Å²) in [6, 6.07) is 5.91. The Balaban J connectivity index is 1.91. The van der Waals surface area contributed by atoms with Crippen LogP contribution in [0.1, 0.15) is 24.0 Å². The maximum Gasteiger partial charge on any atom is 0.321 e. The van der Waals surface area contributed by atoms with Crippen LogP contribution >= 0.6 is 0 Å². The van der Waals surface area contributed by atoms with Gasteiger partial charge < -0.3 is 15.5 Å². The first-order valence-corrected chi connectivity index (χ1v) is 7.35. The summed E-state index contributed by atoms with van der Waals surface area (Å²) in [5.41, 5.74) is 3.08. The molecule has 5 nitrogen and oxygen atoms in total. The Labute approximate surface area is 125 Å². The van der Waals surface area contributed by atoms with Crippen molar-refractivity contribution < 1.29 is 9.59 Å². The predicted octanol–water partition coefficient (Wildman–Crippen LogP) is 2.29. The fourth-order valence-corrected chi connectivity index (χ4v) is 2.80. The molecule has 5 heteroatoms. The number of aryl methyl sites for hydroxylation is 2. The van der Waals surface area contributed by atoms with Gasteiger partial charge in [-0.2, -0.15) is 0 Å². The summed E-state index contributed by atoms with van der Waals surface area (Å²) in [5.74, 6) is 0.102. The fourth-order valence-electron chi connectivity index (χ4n) is 2.80. The number of carbonyl (C=O) groups excluding carboxylic acids is 2. The van der Waals surface area contributed by atoms with Gasteiger partial charge in [-0.05, 0) is 49.9 Å². The molecule has 21 heavy (non-hydrogen) atoms. The van der Waals surface area contributed by atoms with Gasteiger partial charge in [-0.1, -0.05) is 6.07 Å². The quantitative estimate of drug-likeness (QED) is 0.877. The lowest BCUT2D eigenvalue weighted by Crippen LogP contribution is -2.44. The Morgan fingerprint density at radius 3 is 2.19 bits per heavy atom. The SMILES string of the molecule is CNC(=O)C1CCN(C(=O)Nc2cc(C)cc(C)c2)CC1. The first-order chi connectivity index (χ1) is 9.99. The highest BCUT2D eigenvalue weighted by molar-refractivity contribution is 5.89. The van der Waals surface area contributed by atoms with Crippen molar-refractivity contribution in [1.29, 1.82) is 0 Å². The summed E-state index contributed by atoms with van der Waals surface area (Å²) in [4.78, 5) is 25.6. The average Bonchev–Trinajstić information content (AvgIpc) is 2.45. The zero-order chi connectivity index (χ0) is 15.4. The van der Waals surface area contributed by atoms with Gasteiger partial charge in [-0.25, -0.2) is 4.79 Å². The number of nitrogens with one attached hydrogen (secondary N) is 2. The standard InChI is InChI=1S/C16H23N3O2/c1-11-8-12(2)10-14(9-11)18-16(21)19-6-4-13(5-7-19)15(20)17-3/h8-10,13H,4-7H2,1-3H3,(H,17,20)(H,18,21). The molecular weight excluding hydrogens is 266 g/mol. The van der Waals surface area contributed by atoms with Crippen LogP contribution in [0.5, 0.6) is 0 Å². The molecule has 2 N–H and O–H groups in total. The number of piperidine rings is 1. The zero-order valence-electron chi connectivity index (χ0n) is 12.9. The summed E-state index contributed by atoms with van der Waals surface area (Å²) in [7, 11) is 1.65. The summed E-state index contributed by atoms with van der Waals surface area (Å²) in [5, 5.41) is 5.61. The number of hydrogen-bond donors (Lipinski definition) is 2. The second kappa shape index (κ2) is 6.61. The van der Waals surface area contributed by atoms with Crippen molar-refractivity contribution in [3.63, 3.8) is 0 Å². The molecule has 0 aliphatic carbocycles. The van der Waals surface area contributed by atoms with Crippen LogP contribution in [0.4, 0.5) is 10.5 Å². The van der Waals surface area contributed by atoms with Crippen LogP contribution in [0, 0.1) is 19.8 Å². The van der Waals surface area contributed by atoms with Gasteiger partial charge in [0.15, 0.2) is 0 Å². The average molecular weight is 289 g/mol. The van der Waals surface area contributed by atoms with Gasteiger partial charge in [0.25, 0.3) is 0 Å². The number of hydrogen-bond acceptors (Lipinski definition) is 2. The first kappa shape index (κ1) is 15.4. The largest absolute Gasteiger partial charge is 0.359 e. The second-order valence-corrected chi connectivity index (χ2v) is 5.68. The number of nitrogens with zero attached hydrogens (tertiary/aromatic N) is 1. The van der Waals surface area contributed by atoms with Crippen molar-refractivity contribution in [3.05, 3.63) is 29.3 Å². The summed E-state index contributed by atoms with van der Waals surface area (Å²) in [6.07, 6.45) is 1.44. The smallest absolute Gasteiger partial charge is 0.321 e. The zero-order valence-corrected chi connectivity index (χ0v) is 12.9. The lowest BCUT2D eigenvalue weighted by Gasteiger charge is -2.31. The molecule has 1 heterocycles. The summed E-state index contributed by atoms with van der Waals surface area (Å²) >= 11 is 0.